The first kappa shape index (κ1) is 11.8. The molecule has 0 amide bonds. The van der Waals surface area contributed by atoms with Gasteiger partial charge in [-0.1, -0.05) is 0 Å². The molecule has 0 unspecified atom stereocenters. The molecule has 0 aliphatic heterocycles. The minimum atomic E-state index is 0.644. The molecule has 0 fully saturated rings. The summed E-state index contributed by atoms with van der Waals surface area (Å²) in [7, 11) is 0. The Labute approximate surface area is 109 Å². The van der Waals surface area contributed by atoms with Crippen LogP contribution >= 0.6 is 0 Å². The average Bonchev–Trinajstić information content (AvgIpc) is 2.39. The van der Waals surface area contributed by atoms with Gasteiger partial charge < -0.3 is 0 Å². The van der Waals surface area contributed by atoms with Crippen molar-refractivity contribution in [2.75, 3.05) is 5.32 Å². The molecular formula is C13H12N3Se. The molecule has 1 heterocycles. The Morgan fingerprint density at radius 2 is 1.82 bits per heavy atom. The predicted molar refractivity (Wildman–Crippen MR) is 71.2 cm³/mol. The molecule has 4 heteroatoms. The molecule has 0 aliphatic rings. The second-order valence-electron chi connectivity index (χ2n) is 3.47. The quantitative estimate of drug-likeness (QED) is 0.534. The van der Waals surface area contributed by atoms with Gasteiger partial charge in [0.1, 0.15) is 0 Å². The van der Waals surface area contributed by atoms with Crippen LogP contribution in [0.4, 0.5) is 5.69 Å². The van der Waals surface area contributed by atoms with Gasteiger partial charge in [0.2, 0.25) is 0 Å². The number of hydrogen-bond acceptors (Lipinski definition) is 2. The van der Waals surface area contributed by atoms with E-state index in [0.717, 1.165) is 16.0 Å². The normalized spacial score (nSPS) is 11.2. The van der Waals surface area contributed by atoms with Crippen LogP contribution in [0.15, 0.2) is 59.9 Å². The molecule has 2 rings (SSSR count). The van der Waals surface area contributed by atoms with Crippen molar-refractivity contribution < 1.29 is 0 Å². The van der Waals surface area contributed by atoms with Gasteiger partial charge in [0.15, 0.2) is 0 Å². The SMILES string of the molecule is [Se]C(=NCc1ccncc1)Nc1ccccc1. The van der Waals surface area contributed by atoms with Crippen LogP contribution in [-0.4, -0.2) is 25.7 Å². The van der Waals surface area contributed by atoms with E-state index in [0.29, 0.717) is 6.54 Å². The molecule has 17 heavy (non-hydrogen) atoms. The van der Waals surface area contributed by atoms with Gasteiger partial charge in [0.05, 0.1) is 0 Å². The number of nitrogens with zero attached hydrogens (tertiary/aromatic N) is 2. The number of nitrogens with one attached hydrogen (secondary N) is 1. The zero-order valence-electron chi connectivity index (χ0n) is 9.21. The first-order valence-electron chi connectivity index (χ1n) is 5.27. The van der Waals surface area contributed by atoms with E-state index in [1.807, 2.05) is 42.5 Å². The first-order chi connectivity index (χ1) is 8.34. The molecule has 1 radical (unpaired) electrons. The number of para-hydroxylation sites is 1. The fourth-order valence-corrected chi connectivity index (χ4v) is 1.72. The van der Waals surface area contributed by atoms with E-state index in [1.165, 1.54) is 0 Å². The summed E-state index contributed by atoms with van der Waals surface area (Å²) in [5, 5.41) is 3.19. The first-order valence-corrected chi connectivity index (χ1v) is 6.13. The summed E-state index contributed by atoms with van der Waals surface area (Å²) in [4.78, 5) is 8.38. The molecule has 1 aromatic heterocycles. The summed E-state index contributed by atoms with van der Waals surface area (Å²) < 4.78 is 0.785. The third kappa shape index (κ3) is 4.02. The Bertz CT molecular complexity index is 483. The van der Waals surface area contributed by atoms with Gasteiger partial charge in [-0.15, -0.1) is 0 Å². The van der Waals surface area contributed by atoms with Crippen LogP contribution in [0.5, 0.6) is 0 Å². The van der Waals surface area contributed by atoms with Crippen LogP contribution < -0.4 is 5.32 Å². The summed E-state index contributed by atoms with van der Waals surface area (Å²) in [6.45, 7) is 0.644. The molecule has 0 atom stereocenters. The molecule has 0 spiro atoms. The molecule has 0 saturated heterocycles. The second kappa shape index (κ2) is 6.18. The van der Waals surface area contributed by atoms with E-state index < -0.39 is 0 Å². The fraction of sp³-hybridized carbons (Fsp3) is 0.0769. The topological polar surface area (TPSA) is 37.3 Å². The fourth-order valence-electron chi connectivity index (χ4n) is 1.34. The van der Waals surface area contributed by atoms with Crippen LogP contribution in [0.1, 0.15) is 5.56 Å². The number of aromatic nitrogens is 1. The summed E-state index contributed by atoms with van der Waals surface area (Å²) in [5.74, 6) is 0. The summed E-state index contributed by atoms with van der Waals surface area (Å²) in [6, 6.07) is 13.9. The number of rotatable bonds is 3. The van der Waals surface area contributed by atoms with E-state index >= 15 is 0 Å². The monoisotopic (exact) mass is 290 g/mol. The second-order valence-corrected chi connectivity index (χ2v) is 4.28. The molecule has 0 saturated carbocycles. The van der Waals surface area contributed by atoms with E-state index in [-0.39, 0.29) is 0 Å². The molecule has 1 aromatic carbocycles. The zero-order valence-corrected chi connectivity index (χ0v) is 10.9. The molecular weight excluding hydrogens is 277 g/mol. The van der Waals surface area contributed by atoms with Crippen LogP contribution in [0.3, 0.4) is 0 Å². The number of benzene rings is 1. The van der Waals surface area contributed by atoms with Crippen molar-refractivity contribution in [3.8, 4) is 0 Å². The maximum absolute atomic E-state index is 4.41. The van der Waals surface area contributed by atoms with Gasteiger partial charge in [-0.3, -0.25) is 0 Å². The van der Waals surface area contributed by atoms with Crippen molar-refractivity contribution in [2.45, 2.75) is 6.54 Å². The third-order valence-corrected chi connectivity index (χ3v) is 2.66. The summed E-state index contributed by atoms with van der Waals surface area (Å²) in [5.41, 5.74) is 2.17. The van der Waals surface area contributed by atoms with Crippen molar-refractivity contribution in [3.63, 3.8) is 0 Å². The van der Waals surface area contributed by atoms with Crippen molar-refractivity contribution in [2.24, 2.45) is 4.99 Å². The van der Waals surface area contributed by atoms with Gasteiger partial charge >= 0.3 is 109 Å². The van der Waals surface area contributed by atoms with Crippen molar-refractivity contribution in [1.29, 1.82) is 0 Å². The van der Waals surface area contributed by atoms with Crippen molar-refractivity contribution in [1.82, 2.24) is 4.98 Å². The van der Waals surface area contributed by atoms with E-state index in [9.17, 15) is 0 Å². The molecule has 3 nitrogen and oxygen atoms in total. The maximum atomic E-state index is 4.41. The number of pyridine rings is 1. The van der Waals surface area contributed by atoms with E-state index in [2.05, 4.69) is 31.3 Å². The Morgan fingerprint density at radius 1 is 1.12 bits per heavy atom. The summed E-state index contributed by atoms with van der Waals surface area (Å²) >= 11 is 2.92. The van der Waals surface area contributed by atoms with Gasteiger partial charge in [-0.25, -0.2) is 0 Å². The average molecular weight is 289 g/mol. The predicted octanol–water partition coefficient (Wildman–Crippen LogP) is 2.22. The van der Waals surface area contributed by atoms with Gasteiger partial charge in [-0.2, -0.15) is 0 Å². The van der Waals surface area contributed by atoms with Crippen LogP contribution in [0.2, 0.25) is 0 Å². The Hall–Kier alpha value is -1.64. The standard InChI is InChI=1S/C13H12N3Se/c17-13(16-12-4-2-1-3-5-12)15-10-11-6-8-14-9-7-11/h1-9H,10H2,(H,15,16). The zero-order chi connectivity index (χ0) is 11.9. The minimum absolute atomic E-state index is 0.644. The molecule has 0 bridgehead atoms. The molecule has 0 aliphatic carbocycles. The molecule has 2 aromatic rings. The van der Waals surface area contributed by atoms with Crippen molar-refractivity contribution in [3.05, 3.63) is 60.4 Å². The van der Waals surface area contributed by atoms with Gasteiger partial charge in [0.25, 0.3) is 0 Å². The summed E-state index contributed by atoms with van der Waals surface area (Å²) in [6.07, 6.45) is 3.54. The number of anilines is 1. The van der Waals surface area contributed by atoms with Crippen molar-refractivity contribution >= 4 is 26.4 Å². The number of aliphatic imine (C=N–C) groups is 1. The Morgan fingerprint density at radius 3 is 2.53 bits per heavy atom. The van der Waals surface area contributed by atoms with Crippen LogP contribution in [0, 0.1) is 0 Å². The Kier molecular flexibility index (Phi) is 4.30. The third-order valence-electron chi connectivity index (χ3n) is 2.18. The molecule has 1 N–H and O–H groups in total. The van der Waals surface area contributed by atoms with Crippen LogP contribution in [0.25, 0.3) is 0 Å². The number of hydrogen-bond donors (Lipinski definition) is 1. The van der Waals surface area contributed by atoms with Gasteiger partial charge in [0, 0.05) is 0 Å². The van der Waals surface area contributed by atoms with Crippen LogP contribution in [-0.2, 0) is 6.54 Å². The van der Waals surface area contributed by atoms with E-state index in [4.69, 9.17) is 0 Å². The van der Waals surface area contributed by atoms with Gasteiger partial charge in [-0.05, 0) is 0 Å². The van der Waals surface area contributed by atoms with E-state index in [1.54, 1.807) is 12.4 Å². The Balaban J connectivity index is 1.94. The molecule has 85 valence electrons. The number of amidine groups is 1.